The Hall–Kier alpha value is -0.830. The van der Waals surface area contributed by atoms with E-state index in [2.05, 4.69) is 28.7 Å². The van der Waals surface area contributed by atoms with Crippen LogP contribution in [0, 0.1) is 0 Å². The lowest BCUT2D eigenvalue weighted by Crippen LogP contribution is -2.25. The molecule has 0 aromatic carbocycles. The molecule has 2 rings (SSSR count). The van der Waals surface area contributed by atoms with E-state index in [0.29, 0.717) is 11.1 Å². The van der Waals surface area contributed by atoms with Gasteiger partial charge in [0.25, 0.3) is 0 Å². The van der Waals surface area contributed by atoms with Crippen molar-refractivity contribution in [3.63, 3.8) is 0 Å². The highest BCUT2D eigenvalue weighted by molar-refractivity contribution is 6.29. The van der Waals surface area contributed by atoms with Crippen molar-refractivity contribution >= 4 is 17.4 Å². The van der Waals surface area contributed by atoms with Gasteiger partial charge in [-0.2, -0.15) is 0 Å². The summed E-state index contributed by atoms with van der Waals surface area (Å²) in [6.07, 6.45) is 5.15. The summed E-state index contributed by atoms with van der Waals surface area (Å²) in [5, 5.41) is 0.558. The second kappa shape index (κ2) is 5.67. The molecule has 4 heteroatoms. The normalized spacial score (nSPS) is 17.3. The molecule has 1 aliphatic heterocycles. The predicted molar refractivity (Wildman–Crippen MR) is 71.8 cm³/mol. The highest BCUT2D eigenvalue weighted by Crippen LogP contribution is 2.22. The summed E-state index contributed by atoms with van der Waals surface area (Å²) in [5.41, 5.74) is 0. The number of aromatic nitrogens is 2. The average Bonchev–Trinajstić information content (AvgIpc) is 2.56. The van der Waals surface area contributed by atoms with Gasteiger partial charge < -0.3 is 4.90 Å². The molecule has 17 heavy (non-hydrogen) atoms. The summed E-state index contributed by atoms with van der Waals surface area (Å²) in [6.45, 7) is 6.37. The Balaban J connectivity index is 2.23. The number of hydrogen-bond acceptors (Lipinski definition) is 3. The molecular weight excluding hydrogens is 234 g/mol. The number of nitrogens with zero attached hydrogens (tertiary/aromatic N) is 3. The number of rotatable bonds is 2. The summed E-state index contributed by atoms with van der Waals surface area (Å²) in [7, 11) is 0. The summed E-state index contributed by atoms with van der Waals surface area (Å²) in [4.78, 5) is 11.2. The zero-order chi connectivity index (χ0) is 12.3. The van der Waals surface area contributed by atoms with Crippen molar-refractivity contribution in [3.8, 4) is 0 Å². The number of anilines is 1. The largest absolute Gasteiger partial charge is 0.356 e. The quantitative estimate of drug-likeness (QED) is 0.754. The first-order valence-corrected chi connectivity index (χ1v) is 6.84. The van der Waals surface area contributed by atoms with Crippen LogP contribution in [-0.4, -0.2) is 23.1 Å². The minimum absolute atomic E-state index is 0.319. The van der Waals surface area contributed by atoms with Crippen LogP contribution in [0.3, 0.4) is 0 Å². The molecule has 0 amide bonds. The van der Waals surface area contributed by atoms with Crippen LogP contribution in [0.2, 0.25) is 5.15 Å². The predicted octanol–water partition coefficient (Wildman–Crippen LogP) is 3.63. The van der Waals surface area contributed by atoms with Gasteiger partial charge in [-0.25, -0.2) is 9.97 Å². The van der Waals surface area contributed by atoms with E-state index in [0.717, 1.165) is 24.7 Å². The molecule has 1 aromatic heterocycles. The molecule has 0 bridgehead atoms. The molecule has 1 saturated heterocycles. The molecule has 1 fully saturated rings. The number of hydrogen-bond donors (Lipinski definition) is 0. The Morgan fingerprint density at radius 2 is 1.76 bits per heavy atom. The third-order valence-corrected chi connectivity index (χ3v) is 3.34. The summed E-state index contributed by atoms with van der Waals surface area (Å²) in [5.74, 6) is 2.16. The SMILES string of the molecule is CC(C)c1nc(Cl)cc(N2CCCCCC2)n1. The zero-order valence-electron chi connectivity index (χ0n) is 10.6. The molecule has 1 aromatic rings. The van der Waals surface area contributed by atoms with Crippen molar-refractivity contribution in [2.24, 2.45) is 0 Å². The van der Waals surface area contributed by atoms with E-state index in [9.17, 15) is 0 Å². The van der Waals surface area contributed by atoms with E-state index in [1.54, 1.807) is 0 Å². The fourth-order valence-corrected chi connectivity index (χ4v) is 2.33. The first-order valence-electron chi connectivity index (χ1n) is 6.46. The molecule has 0 aliphatic carbocycles. The highest BCUT2D eigenvalue weighted by atomic mass is 35.5. The minimum Gasteiger partial charge on any atom is -0.356 e. The van der Waals surface area contributed by atoms with Gasteiger partial charge in [-0.15, -0.1) is 0 Å². The van der Waals surface area contributed by atoms with Crippen molar-refractivity contribution in [1.29, 1.82) is 0 Å². The summed E-state index contributed by atoms with van der Waals surface area (Å²) in [6, 6.07) is 1.89. The van der Waals surface area contributed by atoms with Crippen molar-refractivity contribution < 1.29 is 0 Å². The maximum Gasteiger partial charge on any atom is 0.135 e. The van der Waals surface area contributed by atoms with Crippen LogP contribution in [-0.2, 0) is 0 Å². The Morgan fingerprint density at radius 1 is 1.12 bits per heavy atom. The van der Waals surface area contributed by atoms with Crippen LogP contribution in [0.15, 0.2) is 6.07 Å². The fourth-order valence-electron chi connectivity index (χ4n) is 2.14. The topological polar surface area (TPSA) is 29.0 Å². The molecule has 94 valence electrons. The van der Waals surface area contributed by atoms with Gasteiger partial charge in [0, 0.05) is 25.1 Å². The van der Waals surface area contributed by atoms with Crippen molar-refractivity contribution in [1.82, 2.24) is 9.97 Å². The van der Waals surface area contributed by atoms with E-state index in [4.69, 9.17) is 11.6 Å². The van der Waals surface area contributed by atoms with Gasteiger partial charge >= 0.3 is 0 Å². The summed E-state index contributed by atoms with van der Waals surface area (Å²) < 4.78 is 0. The molecule has 0 spiro atoms. The van der Waals surface area contributed by atoms with E-state index < -0.39 is 0 Å². The maximum atomic E-state index is 6.08. The molecule has 3 nitrogen and oxygen atoms in total. The summed E-state index contributed by atoms with van der Waals surface area (Å²) >= 11 is 6.08. The van der Waals surface area contributed by atoms with Crippen LogP contribution in [0.4, 0.5) is 5.82 Å². The van der Waals surface area contributed by atoms with Crippen LogP contribution >= 0.6 is 11.6 Å². The lowest BCUT2D eigenvalue weighted by Gasteiger charge is -2.22. The highest BCUT2D eigenvalue weighted by Gasteiger charge is 2.14. The Bertz CT molecular complexity index is 371. The third kappa shape index (κ3) is 3.32. The molecule has 0 atom stereocenters. The van der Waals surface area contributed by atoms with Crippen molar-refractivity contribution in [3.05, 3.63) is 17.0 Å². The molecular formula is C13H20ClN3. The van der Waals surface area contributed by atoms with E-state index >= 15 is 0 Å². The van der Waals surface area contributed by atoms with Gasteiger partial charge in [0.05, 0.1) is 0 Å². The molecule has 0 N–H and O–H groups in total. The van der Waals surface area contributed by atoms with Gasteiger partial charge in [0.15, 0.2) is 0 Å². The van der Waals surface area contributed by atoms with Gasteiger partial charge in [-0.3, -0.25) is 0 Å². The average molecular weight is 254 g/mol. The van der Waals surface area contributed by atoms with E-state index in [1.165, 1.54) is 25.7 Å². The van der Waals surface area contributed by atoms with Crippen LogP contribution < -0.4 is 4.90 Å². The van der Waals surface area contributed by atoms with Gasteiger partial charge in [0.1, 0.15) is 16.8 Å². The molecule has 2 heterocycles. The second-order valence-electron chi connectivity index (χ2n) is 4.96. The monoisotopic (exact) mass is 253 g/mol. The molecule has 1 aliphatic rings. The van der Waals surface area contributed by atoms with Crippen LogP contribution in [0.25, 0.3) is 0 Å². The Kier molecular flexibility index (Phi) is 4.21. The Labute approximate surface area is 108 Å². The lowest BCUT2D eigenvalue weighted by atomic mass is 10.2. The standard InChI is InChI=1S/C13H20ClN3/c1-10(2)13-15-11(14)9-12(16-13)17-7-5-3-4-6-8-17/h9-10H,3-8H2,1-2H3. The fraction of sp³-hybridized carbons (Fsp3) is 0.692. The minimum atomic E-state index is 0.319. The molecule has 0 radical (unpaired) electrons. The van der Waals surface area contributed by atoms with Crippen LogP contribution in [0.1, 0.15) is 51.3 Å². The van der Waals surface area contributed by atoms with Crippen LogP contribution in [0.5, 0.6) is 0 Å². The van der Waals surface area contributed by atoms with Gasteiger partial charge in [0.2, 0.25) is 0 Å². The van der Waals surface area contributed by atoms with Crippen molar-refractivity contribution in [2.75, 3.05) is 18.0 Å². The zero-order valence-corrected chi connectivity index (χ0v) is 11.4. The van der Waals surface area contributed by atoms with Gasteiger partial charge in [-0.05, 0) is 12.8 Å². The smallest absolute Gasteiger partial charge is 0.135 e. The van der Waals surface area contributed by atoms with Gasteiger partial charge in [-0.1, -0.05) is 38.3 Å². The first-order chi connectivity index (χ1) is 8.16. The number of halogens is 1. The molecule has 0 saturated carbocycles. The maximum absolute atomic E-state index is 6.08. The van der Waals surface area contributed by atoms with E-state index in [1.807, 2.05) is 6.07 Å². The second-order valence-corrected chi connectivity index (χ2v) is 5.35. The third-order valence-electron chi connectivity index (χ3n) is 3.15. The lowest BCUT2D eigenvalue weighted by molar-refractivity contribution is 0.726. The van der Waals surface area contributed by atoms with E-state index in [-0.39, 0.29) is 0 Å². The van der Waals surface area contributed by atoms with Crippen molar-refractivity contribution in [2.45, 2.75) is 45.4 Å². The first kappa shape index (κ1) is 12.6. The molecule has 0 unspecified atom stereocenters. The Morgan fingerprint density at radius 3 is 2.35 bits per heavy atom.